The van der Waals surface area contributed by atoms with Gasteiger partial charge in [0.2, 0.25) is 15.9 Å². The largest absolute Gasteiger partial charge is 0.348 e. The fourth-order valence-electron chi connectivity index (χ4n) is 2.65. The Morgan fingerprint density at radius 2 is 1.70 bits per heavy atom. The normalized spacial score (nSPS) is 12.8. The molecular formula is C20H26N2O3S2. The molecule has 0 fully saturated rings. The lowest BCUT2D eigenvalue weighted by Gasteiger charge is -2.22. The summed E-state index contributed by atoms with van der Waals surface area (Å²) in [7, 11) is -3.70. The van der Waals surface area contributed by atoms with Gasteiger partial charge >= 0.3 is 0 Å². The standard InChI is InChI=1S/C20H26N2O3S2/c1-5-22(27(24,25)19-12-6-15(2)7-13-19)14-20(23)21-16(3)17-8-10-18(26-4)11-9-17/h6-13,16H,5,14H2,1-4H3,(H,21,23). The third kappa shape index (κ3) is 5.57. The van der Waals surface area contributed by atoms with Gasteiger partial charge in [-0.1, -0.05) is 36.8 Å². The molecule has 0 heterocycles. The van der Waals surface area contributed by atoms with Gasteiger partial charge in [0.05, 0.1) is 17.5 Å². The Balaban J connectivity index is 2.06. The minimum atomic E-state index is -3.70. The van der Waals surface area contributed by atoms with Crippen LogP contribution in [-0.2, 0) is 14.8 Å². The average Bonchev–Trinajstić information content (AvgIpc) is 2.66. The van der Waals surface area contributed by atoms with E-state index in [0.29, 0.717) is 0 Å². The van der Waals surface area contributed by atoms with Crippen LogP contribution in [0.2, 0.25) is 0 Å². The van der Waals surface area contributed by atoms with E-state index in [9.17, 15) is 13.2 Å². The van der Waals surface area contributed by atoms with Crippen LogP contribution >= 0.6 is 11.8 Å². The van der Waals surface area contributed by atoms with Crippen LogP contribution in [0.1, 0.15) is 31.0 Å². The summed E-state index contributed by atoms with van der Waals surface area (Å²) in [6.45, 7) is 5.52. The van der Waals surface area contributed by atoms with E-state index < -0.39 is 10.0 Å². The molecule has 2 aromatic carbocycles. The monoisotopic (exact) mass is 406 g/mol. The van der Waals surface area contributed by atoms with Gasteiger partial charge in [0.15, 0.2) is 0 Å². The van der Waals surface area contributed by atoms with E-state index in [4.69, 9.17) is 0 Å². The van der Waals surface area contributed by atoms with Crippen molar-refractivity contribution < 1.29 is 13.2 Å². The number of aryl methyl sites for hydroxylation is 1. The number of nitrogens with one attached hydrogen (secondary N) is 1. The van der Waals surface area contributed by atoms with Gasteiger partial charge in [-0.15, -0.1) is 11.8 Å². The van der Waals surface area contributed by atoms with Crippen molar-refractivity contribution in [2.24, 2.45) is 0 Å². The fourth-order valence-corrected chi connectivity index (χ4v) is 4.46. The number of sulfonamides is 1. The molecular weight excluding hydrogens is 380 g/mol. The van der Waals surface area contributed by atoms with Crippen molar-refractivity contribution in [2.75, 3.05) is 19.3 Å². The van der Waals surface area contributed by atoms with Crippen molar-refractivity contribution in [1.29, 1.82) is 0 Å². The lowest BCUT2D eigenvalue weighted by atomic mass is 10.1. The van der Waals surface area contributed by atoms with Gasteiger partial charge in [-0.3, -0.25) is 4.79 Å². The summed E-state index contributed by atoms with van der Waals surface area (Å²) in [5.41, 5.74) is 1.96. The highest BCUT2D eigenvalue weighted by Gasteiger charge is 2.25. The predicted molar refractivity (Wildman–Crippen MR) is 110 cm³/mol. The third-order valence-corrected chi connectivity index (χ3v) is 7.00. The molecule has 1 unspecified atom stereocenters. The SMILES string of the molecule is CCN(CC(=O)NC(C)c1ccc(SC)cc1)S(=O)(=O)c1ccc(C)cc1. The molecule has 0 radical (unpaired) electrons. The zero-order valence-corrected chi connectivity index (χ0v) is 17.7. The Kier molecular flexibility index (Phi) is 7.47. The first kappa shape index (κ1) is 21.5. The highest BCUT2D eigenvalue weighted by Crippen LogP contribution is 2.19. The van der Waals surface area contributed by atoms with Crippen LogP contribution in [-0.4, -0.2) is 38.0 Å². The van der Waals surface area contributed by atoms with Crippen LogP contribution in [0.15, 0.2) is 58.3 Å². The molecule has 146 valence electrons. The van der Waals surface area contributed by atoms with Crippen molar-refractivity contribution >= 4 is 27.7 Å². The summed E-state index contributed by atoms with van der Waals surface area (Å²) in [6.07, 6.45) is 2.01. The molecule has 2 rings (SSSR count). The number of likely N-dealkylation sites (N-methyl/N-ethyl adjacent to an activating group) is 1. The van der Waals surface area contributed by atoms with Crippen molar-refractivity contribution in [2.45, 2.75) is 36.6 Å². The zero-order valence-electron chi connectivity index (χ0n) is 16.1. The molecule has 1 amide bonds. The number of carbonyl (C=O) groups is 1. The highest BCUT2D eigenvalue weighted by molar-refractivity contribution is 7.98. The Morgan fingerprint density at radius 3 is 2.22 bits per heavy atom. The third-order valence-electron chi connectivity index (χ3n) is 4.32. The van der Waals surface area contributed by atoms with Gasteiger partial charge in [-0.25, -0.2) is 8.42 Å². The first-order valence-corrected chi connectivity index (χ1v) is 11.4. The molecule has 0 aliphatic heterocycles. The smallest absolute Gasteiger partial charge is 0.243 e. The highest BCUT2D eigenvalue weighted by atomic mass is 32.2. The van der Waals surface area contributed by atoms with Gasteiger partial charge in [-0.2, -0.15) is 4.31 Å². The van der Waals surface area contributed by atoms with Crippen molar-refractivity contribution in [1.82, 2.24) is 9.62 Å². The summed E-state index contributed by atoms with van der Waals surface area (Å²) in [5.74, 6) is -0.325. The molecule has 7 heteroatoms. The number of nitrogens with zero attached hydrogens (tertiary/aromatic N) is 1. The maximum Gasteiger partial charge on any atom is 0.243 e. The molecule has 0 saturated carbocycles. The summed E-state index contributed by atoms with van der Waals surface area (Å²) in [4.78, 5) is 13.8. The zero-order chi connectivity index (χ0) is 20.0. The Labute approximate surface area is 166 Å². The molecule has 0 saturated heterocycles. The number of carbonyl (C=O) groups excluding carboxylic acids is 1. The number of benzene rings is 2. The second kappa shape index (κ2) is 9.39. The summed E-state index contributed by atoms with van der Waals surface area (Å²) < 4.78 is 26.8. The number of hydrogen-bond acceptors (Lipinski definition) is 4. The van der Waals surface area contributed by atoms with E-state index >= 15 is 0 Å². The lowest BCUT2D eigenvalue weighted by Crippen LogP contribution is -2.41. The Hall–Kier alpha value is -1.83. The maximum absolute atomic E-state index is 12.8. The average molecular weight is 407 g/mol. The first-order chi connectivity index (χ1) is 12.8. The summed E-state index contributed by atoms with van der Waals surface area (Å²) >= 11 is 1.66. The molecule has 1 atom stereocenters. The Bertz CT molecular complexity index is 863. The van der Waals surface area contributed by atoms with Crippen LogP contribution in [0, 0.1) is 6.92 Å². The molecule has 0 aliphatic carbocycles. The first-order valence-electron chi connectivity index (χ1n) is 8.78. The number of thioether (sulfide) groups is 1. The molecule has 0 aliphatic rings. The predicted octanol–water partition coefficient (Wildman–Crippen LogP) is 3.60. The number of amides is 1. The van der Waals surface area contributed by atoms with E-state index in [1.807, 2.05) is 44.4 Å². The van der Waals surface area contributed by atoms with E-state index in [1.165, 1.54) is 4.31 Å². The minimum absolute atomic E-state index is 0.198. The summed E-state index contributed by atoms with van der Waals surface area (Å²) in [5, 5.41) is 2.88. The lowest BCUT2D eigenvalue weighted by molar-refractivity contribution is -0.121. The molecule has 0 spiro atoms. The fraction of sp³-hybridized carbons (Fsp3) is 0.350. The molecule has 2 aromatic rings. The van der Waals surface area contributed by atoms with E-state index in [-0.39, 0.29) is 29.9 Å². The minimum Gasteiger partial charge on any atom is -0.348 e. The molecule has 5 nitrogen and oxygen atoms in total. The van der Waals surface area contributed by atoms with Gasteiger partial charge in [0.25, 0.3) is 0 Å². The van der Waals surface area contributed by atoms with Crippen molar-refractivity contribution in [3.8, 4) is 0 Å². The van der Waals surface area contributed by atoms with Gasteiger partial charge < -0.3 is 5.32 Å². The molecule has 0 bridgehead atoms. The Morgan fingerprint density at radius 1 is 1.11 bits per heavy atom. The van der Waals surface area contributed by atoms with Crippen molar-refractivity contribution in [3.63, 3.8) is 0 Å². The van der Waals surface area contributed by atoms with Crippen LogP contribution in [0.5, 0.6) is 0 Å². The van der Waals surface area contributed by atoms with Crippen LogP contribution < -0.4 is 5.32 Å². The van der Waals surface area contributed by atoms with Crippen molar-refractivity contribution in [3.05, 3.63) is 59.7 Å². The topological polar surface area (TPSA) is 66.5 Å². The van der Waals surface area contributed by atoms with Crippen LogP contribution in [0.4, 0.5) is 0 Å². The van der Waals surface area contributed by atoms with Gasteiger partial charge in [-0.05, 0) is 49.9 Å². The quantitative estimate of drug-likeness (QED) is 0.680. The maximum atomic E-state index is 12.8. The van der Waals surface area contributed by atoms with E-state index in [0.717, 1.165) is 16.0 Å². The van der Waals surface area contributed by atoms with Gasteiger partial charge in [0.1, 0.15) is 0 Å². The number of rotatable bonds is 8. The number of hydrogen-bond donors (Lipinski definition) is 1. The second-order valence-corrected chi connectivity index (χ2v) is 9.12. The van der Waals surface area contributed by atoms with Crippen LogP contribution in [0.25, 0.3) is 0 Å². The summed E-state index contributed by atoms with van der Waals surface area (Å²) in [6, 6.07) is 14.4. The second-order valence-electron chi connectivity index (χ2n) is 6.31. The molecule has 1 N–H and O–H groups in total. The van der Waals surface area contributed by atoms with Gasteiger partial charge in [0, 0.05) is 11.4 Å². The molecule has 27 heavy (non-hydrogen) atoms. The van der Waals surface area contributed by atoms with E-state index in [2.05, 4.69) is 5.32 Å². The van der Waals surface area contributed by atoms with E-state index in [1.54, 1.807) is 43.0 Å². The molecule has 0 aromatic heterocycles. The van der Waals surface area contributed by atoms with Crippen LogP contribution in [0.3, 0.4) is 0 Å².